The van der Waals surface area contributed by atoms with Crippen LogP contribution in [0.4, 0.5) is 0 Å². The molecule has 0 aromatic heterocycles. The molecule has 1 fully saturated rings. The third-order valence-corrected chi connectivity index (χ3v) is 6.85. The highest BCUT2D eigenvalue weighted by atomic mass is 32.1. The van der Waals surface area contributed by atoms with Crippen LogP contribution in [-0.2, 0) is 38.1 Å². The van der Waals surface area contributed by atoms with Crippen molar-refractivity contribution in [1.29, 1.82) is 0 Å². The van der Waals surface area contributed by atoms with Crippen molar-refractivity contribution in [3.8, 4) is 0 Å². The molecule has 0 radical (unpaired) electrons. The number of hydrogen-bond acceptors (Lipinski definition) is 11. The van der Waals surface area contributed by atoms with Crippen molar-refractivity contribution in [2.24, 2.45) is 17.3 Å². The molecule has 0 amide bonds. The average molecular weight is 595 g/mol. The second-order valence-electron chi connectivity index (χ2n) is 9.14. The molecule has 0 N–H and O–H groups in total. The van der Waals surface area contributed by atoms with E-state index in [0.29, 0.717) is 35.5 Å². The minimum atomic E-state index is -0.773. The molecule has 220 valence electrons. The molecule has 0 saturated heterocycles. The van der Waals surface area contributed by atoms with E-state index in [2.05, 4.69) is 51.0 Å². The molecular formula is C27H46O8S3. The Labute approximate surface area is 244 Å². The third-order valence-electron chi connectivity index (χ3n) is 6.18. The van der Waals surface area contributed by atoms with Crippen LogP contribution in [0.25, 0.3) is 0 Å². The largest absolute Gasteiger partial charge is 0.502 e. The quantitative estimate of drug-likeness (QED) is 0.0824. The van der Waals surface area contributed by atoms with E-state index in [-0.39, 0.29) is 39.1 Å². The van der Waals surface area contributed by atoms with Crippen LogP contribution in [0.15, 0.2) is 25.7 Å². The molecule has 8 nitrogen and oxygen atoms in total. The van der Waals surface area contributed by atoms with Crippen molar-refractivity contribution in [2.45, 2.75) is 58.3 Å². The Morgan fingerprint density at radius 1 is 0.711 bits per heavy atom. The predicted octanol–water partition coefficient (Wildman–Crippen LogP) is 5.09. The number of carbonyl (C=O) groups is 3. The van der Waals surface area contributed by atoms with Crippen molar-refractivity contribution < 1.29 is 38.1 Å². The first kappa shape index (κ1) is 36.5. The minimum absolute atomic E-state index is 0.00157. The van der Waals surface area contributed by atoms with Crippen LogP contribution in [0.2, 0.25) is 0 Å². The van der Waals surface area contributed by atoms with Crippen molar-refractivity contribution in [3.63, 3.8) is 0 Å². The number of carbonyl (C=O) groups excluding carboxylic acids is 3. The van der Waals surface area contributed by atoms with Gasteiger partial charge in [-0.3, -0.25) is 14.4 Å². The van der Waals surface area contributed by atoms with E-state index in [0.717, 1.165) is 13.2 Å². The van der Waals surface area contributed by atoms with Crippen LogP contribution in [0.5, 0.6) is 0 Å². The van der Waals surface area contributed by atoms with Gasteiger partial charge in [0.15, 0.2) is 0 Å². The molecule has 0 aromatic rings. The topological polar surface area (TPSA) is 97.4 Å². The Hall–Kier alpha value is -1.46. The number of ether oxygens (including phenoxy) is 5. The van der Waals surface area contributed by atoms with Gasteiger partial charge >= 0.3 is 17.9 Å². The van der Waals surface area contributed by atoms with Gasteiger partial charge in [-0.15, -0.1) is 0 Å². The Kier molecular flexibility index (Phi) is 22.5. The first-order valence-corrected chi connectivity index (χ1v) is 14.9. The zero-order chi connectivity index (χ0) is 28.7. The lowest BCUT2D eigenvalue weighted by Gasteiger charge is -2.31. The number of thiol groups is 3. The van der Waals surface area contributed by atoms with Gasteiger partial charge in [-0.2, -0.15) is 37.9 Å². The fraction of sp³-hybridized carbons (Fsp3) is 0.741. The van der Waals surface area contributed by atoms with E-state index < -0.39 is 23.3 Å². The summed E-state index contributed by atoms with van der Waals surface area (Å²) in [7, 11) is 0. The van der Waals surface area contributed by atoms with Gasteiger partial charge in [0.2, 0.25) is 0 Å². The summed E-state index contributed by atoms with van der Waals surface area (Å²) in [5, 5.41) is 0. The van der Waals surface area contributed by atoms with Gasteiger partial charge in [0.05, 0.1) is 50.4 Å². The van der Waals surface area contributed by atoms with Crippen LogP contribution in [-0.4, -0.2) is 68.2 Å². The van der Waals surface area contributed by atoms with Crippen LogP contribution < -0.4 is 0 Å². The molecule has 0 bridgehead atoms. The Morgan fingerprint density at radius 2 is 1.03 bits per heavy atom. The molecule has 0 aliphatic heterocycles. The van der Waals surface area contributed by atoms with Gasteiger partial charge < -0.3 is 23.7 Å². The molecule has 1 aliphatic carbocycles. The van der Waals surface area contributed by atoms with E-state index in [1.54, 1.807) is 0 Å². The molecule has 0 unspecified atom stereocenters. The van der Waals surface area contributed by atoms with Crippen LogP contribution in [0, 0.1) is 17.3 Å². The lowest BCUT2D eigenvalue weighted by molar-refractivity contribution is -0.161. The van der Waals surface area contributed by atoms with E-state index in [4.69, 9.17) is 23.7 Å². The standard InChI is InChI=1S/C15H26O6S3.C12H20O2/c1-2-15(9-19-12(16)3-6-22,10-20-13(17)4-7-23)11-21-14(18)5-8-24;1-3-13-9-11-5-7-12(8-6-11)10-14-4-2/h22-24H,2-11H2,1H3;3-4,11-12H,1-2,5-10H2. The molecule has 0 atom stereocenters. The molecule has 0 spiro atoms. The van der Waals surface area contributed by atoms with E-state index in [1.165, 1.54) is 38.2 Å². The molecule has 0 heterocycles. The maximum atomic E-state index is 11.6. The van der Waals surface area contributed by atoms with Crippen molar-refractivity contribution in [1.82, 2.24) is 0 Å². The molecule has 0 aromatic carbocycles. The fourth-order valence-electron chi connectivity index (χ4n) is 3.60. The highest BCUT2D eigenvalue weighted by molar-refractivity contribution is 7.80. The van der Waals surface area contributed by atoms with Crippen LogP contribution in [0.1, 0.15) is 58.3 Å². The lowest BCUT2D eigenvalue weighted by Crippen LogP contribution is -2.39. The SMILES string of the molecule is C=COCC1CCC(COC=C)CC1.CCC(COC(=O)CCS)(COC(=O)CCS)COC(=O)CCS. The molecule has 1 aliphatic rings. The average Bonchev–Trinajstić information content (AvgIpc) is 2.92. The first-order valence-electron chi connectivity index (χ1n) is 13.0. The van der Waals surface area contributed by atoms with Gasteiger partial charge in [0, 0.05) is 17.3 Å². The minimum Gasteiger partial charge on any atom is -0.502 e. The van der Waals surface area contributed by atoms with Crippen molar-refractivity contribution in [2.75, 3.05) is 50.3 Å². The molecule has 1 saturated carbocycles. The normalized spacial score (nSPS) is 16.7. The molecule has 1 rings (SSSR count). The van der Waals surface area contributed by atoms with Crippen LogP contribution in [0.3, 0.4) is 0 Å². The second kappa shape index (κ2) is 23.4. The predicted molar refractivity (Wildman–Crippen MR) is 159 cm³/mol. The summed E-state index contributed by atoms with van der Waals surface area (Å²) < 4.78 is 26.1. The summed E-state index contributed by atoms with van der Waals surface area (Å²) in [6, 6.07) is 0. The van der Waals surface area contributed by atoms with Crippen LogP contribution >= 0.6 is 37.9 Å². The number of rotatable bonds is 19. The summed E-state index contributed by atoms with van der Waals surface area (Å²) in [5.41, 5.74) is -0.773. The van der Waals surface area contributed by atoms with Gasteiger partial charge in [0.25, 0.3) is 0 Å². The van der Waals surface area contributed by atoms with E-state index >= 15 is 0 Å². The number of esters is 3. The van der Waals surface area contributed by atoms with Gasteiger partial charge in [-0.1, -0.05) is 20.1 Å². The highest BCUT2D eigenvalue weighted by Crippen LogP contribution is 2.29. The van der Waals surface area contributed by atoms with E-state index in [9.17, 15) is 14.4 Å². The monoisotopic (exact) mass is 594 g/mol. The van der Waals surface area contributed by atoms with Gasteiger partial charge in [-0.05, 0) is 43.9 Å². The second-order valence-corrected chi connectivity index (χ2v) is 10.5. The molecule has 38 heavy (non-hydrogen) atoms. The fourth-order valence-corrected chi connectivity index (χ4v) is 4.14. The van der Waals surface area contributed by atoms with Crippen molar-refractivity contribution in [3.05, 3.63) is 25.7 Å². The van der Waals surface area contributed by atoms with E-state index in [1.807, 2.05) is 6.92 Å². The zero-order valence-electron chi connectivity index (χ0n) is 22.6. The summed E-state index contributed by atoms with van der Waals surface area (Å²) in [6.07, 6.45) is 9.12. The molecule has 11 heteroatoms. The first-order chi connectivity index (χ1) is 18.3. The Bertz CT molecular complexity index is 606. The number of hydrogen-bond donors (Lipinski definition) is 3. The van der Waals surface area contributed by atoms with Gasteiger partial charge in [-0.25, -0.2) is 0 Å². The Balaban J connectivity index is 0.000000824. The highest BCUT2D eigenvalue weighted by Gasteiger charge is 2.34. The van der Waals surface area contributed by atoms with Gasteiger partial charge in [0.1, 0.15) is 19.8 Å². The Morgan fingerprint density at radius 3 is 1.26 bits per heavy atom. The zero-order valence-corrected chi connectivity index (χ0v) is 25.3. The molecular weight excluding hydrogens is 548 g/mol. The summed E-state index contributed by atoms with van der Waals surface area (Å²) in [5.74, 6) is 1.38. The van der Waals surface area contributed by atoms with Crippen molar-refractivity contribution >= 4 is 55.8 Å². The summed E-state index contributed by atoms with van der Waals surface area (Å²) in [4.78, 5) is 34.7. The summed E-state index contributed by atoms with van der Waals surface area (Å²) in [6.45, 7) is 10.6. The third kappa shape index (κ3) is 17.9. The summed E-state index contributed by atoms with van der Waals surface area (Å²) >= 11 is 11.9. The smallest absolute Gasteiger partial charge is 0.306 e. The lowest BCUT2D eigenvalue weighted by atomic mass is 9.83. The maximum Gasteiger partial charge on any atom is 0.306 e. The maximum absolute atomic E-state index is 11.6.